The van der Waals surface area contributed by atoms with E-state index in [1.54, 1.807) is 0 Å². The van der Waals surface area contributed by atoms with E-state index in [1.807, 2.05) is 5.01 Å². The zero-order chi connectivity index (χ0) is 19.5. The Kier molecular flexibility index (Phi) is 5.68. The maximum Gasteiger partial charge on any atom is 0.287 e. The van der Waals surface area contributed by atoms with Crippen LogP contribution in [0.1, 0.15) is 42.6 Å². The van der Waals surface area contributed by atoms with Gasteiger partial charge in [-0.05, 0) is 25.0 Å². The van der Waals surface area contributed by atoms with Gasteiger partial charge in [-0.2, -0.15) is 0 Å². The van der Waals surface area contributed by atoms with Crippen molar-refractivity contribution in [1.29, 1.82) is 0 Å². The number of nitrogens with zero attached hydrogens (tertiary/aromatic N) is 3. The molecular weight excluding hydrogens is 366 g/mol. The summed E-state index contributed by atoms with van der Waals surface area (Å²) in [5.41, 5.74) is 2.97. The van der Waals surface area contributed by atoms with Crippen LogP contribution in [0.4, 0.5) is 8.78 Å². The van der Waals surface area contributed by atoms with Crippen molar-refractivity contribution < 1.29 is 18.1 Å². The minimum Gasteiger partial charge on any atom is -0.355 e. The van der Waals surface area contributed by atoms with E-state index in [0.717, 1.165) is 38.3 Å². The lowest BCUT2D eigenvalue weighted by atomic mass is 9.94. The average Bonchev–Trinajstić information content (AvgIpc) is 3.19. The van der Waals surface area contributed by atoms with E-state index >= 15 is 0 Å². The molecule has 0 bridgehead atoms. The second kappa shape index (κ2) is 8.36. The van der Waals surface area contributed by atoms with Gasteiger partial charge in [0.1, 0.15) is 11.6 Å². The number of carbonyl (C=O) groups excluding carboxylic acids is 1. The monoisotopic (exact) mass is 390 g/mol. The Morgan fingerprint density at radius 1 is 1.07 bits per heavy atom. The number of benzene rings is 1. The first-order chi connectivity index (χ1) is 13.6. The normalized spacial score (nSPS) is 19.6. The van der Waals surface area contributed by atoms with Gasteiger partial charge in [-0.3, -0.25) is 15.1 Å². The molecule has 0 spiro atoms. The van der Waals surface area contributed by atoms with Gasteiger partial charge >= 0.3 is 0 Å². The zero-order valence-corrected chi connectivity index (χ0v) is 15.7. The van der Waals surface area contributed by atoms with Crippen molar-refractivity contribution in [3.8, 4) is 11.3 Å². The highest BCUT2D eigenvalue weighted by Gasteiger charge is 2.26. The molecule has 1 saturated carbocycles. The molecule has 1 aliphatic carbocycles. The first-order valence-electron chi connectivity index (χ1n) is 9.82. The van der Waals surface area contributed by atoms with Crippen molar-refractivity contribution in [1.82, 2.24) is 20.5 Å². The van der Waals surface area contributed by atoms with Gasteiger partial charge in [-0.1, -0.05) is 24.4 Å². The van der Waals surface area contributed by atoms with Gasteiger partial charge in [-0.25, -0.2) is 13.8 Å². The fraction of sp³-hybridized carbons (Fsp3) is 0.500. The number of aromatic nitrogens is 1. The molecule has 1 N–H and O–H groups in total. The molecule has 0 unspecified atom stereocenters. The molecule has 0 radical (unpaired) electrons. The van der Waals surface area contributed by atoms with Crippen LogP contribution in [0.5, 0.6) is 0 Å². The highest BCUT2D eigenvalue weighted by Crippen LogP contribution is 2.25. The van der Waals surface area contributed by atoms with E-state index in [4.69, 9.17) is 4.52 Å². The molecular formula is C20H24F2N4O2. The van der Waals surface area contributed by atoms with E-state index in [1.165, 1.54) is 44.2 Å². The molecule has 2 aliphatic rings. The average molecular weight is 390 g/mol. The van der Waals surface area contributed by atoms with Crippen molar-refractivity contribution >= 4 is 5.91 Å². The molecule has 0 atom stereocenters. The third kappa shape index (κ3) is 4.23. The van der Waals surface area contributed by atoms with Gasteiger partial charge in [0, 0.05) is 44.4 Å². The Morgan fingerprint density at radius 2 is 1.82 bits per heavy atom. The summed E-state index contributed by atoms with van der Waals surface area (Å²) in [6.07, 6.45) is 6.51. The number of amides is 1. The van der Waals surface area contributed by atoms with Crippen LogP contribution in [0.25, 0.3) is 11.3 Å². The molecule has 4 rings (SSSR count). The molecule has 1 amide bonds. The van der Waals surface area contributed by atoms with Crippen LogP contribution in [0, 0.1) is 11.6 Å². The van der Waals surface area contributed by atoms with Crippen LogP contribution in [0.15, 0.2) is 28.8 Å². The highest BCUT2D eigenvalue weighted by molar-refractivity contribution is 5.92. The maximum absolute atomic E-state index is 13.9. The van der Waals surface area contributed by atoms with E-state index in [2.05, 4.69) is 15.5 Å². The minimum absolute atomic E-state index is 0.0634. The standard InChI is InChI=1S/C20H24F2N4O2/c21-14-6-7-16(17(22)12-14)19-13-18(24-28-19)20(27)23-26-10-8-25(9-11-26)15-4-2-1-3-5-15/h6-7,12-13,15H,1-5,8-11H2,(H,23,27). The van der Waals surface area contributed by atoms with Crippen LogP contribution >= 0.6 is 0 Å². The van der Waals surface area contributed by atoms with E-state index in [9.17, 15) is 13.6 Å². The summed E-state index contributed by atoms with van der Waals surface area (Å²) >= 11 is 0. The van der Waals surface area contributed by atoms with Crippen molar-refractivity contribution in [3.63, 3.8) is 0 Å². The highest BCUT2D eigenvalue weighted by atomic mass is 19.1. The molecule has 1 saturated heterocycles. The summed E-state index contributed by atoms with van der Waals surface area (Å²) in [5, 5.41) is 5.61. The molecule has 150 valence electrons. The van der Waals surface area contributed by atoms with Gasteiger partial charge in [-0.15, -0.1) is 0 Å². The van der Waals surface area contributed by atoms with Crippen LogP contribution in [-0.4, -0.2) is 53.2 Å². The minimum atomic E-state index is -0.762. The Balaban J connectivity index is 1.33. The number of nitrogens with one attached hydrogen (secondary N) is 1. The third-order valence-corrected chi connectivity index (χ3v) is 5.60. The molecule has 6 nitrogen and oxygen atoms in total. The van der Waals surface area contributed by atoms with Crippen molar-refractivity contribution in [2.45, 2.75) is 38.1 Å². The van der Waals surface area contributed by atoms with E-state index in [0.29, 0.717) is 6.04 Å². The molecule has 8 heteroatoms. The SMILES string of the molecule is O=C(NN1CCN(C2CCCCC2)CC1)c1cc(-c2ccc(F)cc2F)on1. The van der Waals surface area contributed by atoms with Crippen LogP contribution in [-0.2, 0) is 0 Å². The lowest BCUT2D eigenvalue weighted by Gasteiger charge is -2.40. The Hall–Kier alpha value is -2.32. The van der Waals surface area contributed by atoms with E-state index in [-0.39, 0.29) is 17.0 Å². The van der Waals surface area contributed by atoms with Gasteiger partial charge in [0.05, 0.1) is 5.56 Å². The molecule has 1 aromatic carbocycles. The lowest BCUT2D eigenvalue weighted by Crippen LogP contribution is -2.55. The number of hydrogen-bond donors (Lipinski definition) is 1. The lowest BCUT2D eigenvalue weighted by molar-refractivity contribution is 0.0436. The number of halogens is 2. The molecule has 1 aromatic heterocycles. The van der Waals surface area contributed by atoms with Crippen LogP contribution in [0.2, 0.25) is 0 Å². The van der Waals surface area contributed by atoms with Gasteiger partial charge in [0.15, 0.2) is 11.5 Å². The van der Waals surface area contributed by atoms with Crippen LogP contribution < -0.4 is 5.43 Å². The summed E-state index contributed by atoms with van der Waals surface area (Å²) in [6, 6.07) is 5.20. The van der Waals surface area contributed by atoms with Crippen molar-refractivity contribution in [2.24, 2.45) is 0 Å². The quantitative estimate of drug-likeness (QED) is 0.869. The number of piperazine rings is 1. The summed E-state index contributed by atoms with van der Waals surface area (Å²) in [7, 11) is 0. The number of carbonyl (C=O) groups is 1. The smallest absolute Gasteiger partial charge is 0.287 e. The molecule has 2 fully saturated rings. The van der Waals surface area contributed by atoms with Crippen LogP contribution in [0.3, 0.4) is 0 Å². The van der Waals surface area contributed by atoms with Gasteiger partial charge < -0.3 is 4.52 Å². The molecule has 28 heavy (non-hydrogen) atoms. The zero-order valence-electron chi connectivity index (χ0n) is 15.7. The van der Waals surface area contributed by atoms with Crippen molar-refractivity contribution in [3.05, 3.63) is 41.6 Å². The third-order valence-electron chi connectivity index (χ3n) is 5.60. The van der Waals surface area contributed by atoms with Gasteiger partial charge in [0.2, 0.25) is 0 Å². The largest absolute Gasteiger partial charge is 0.355 e. The number of hydrogen-bond acceptors (Lipinski definition) is 5. The summed E-state index contributed by atoms with van der Waals surface area (Å²) < 4.78 is 32.0. The Morgan fingerprint density at radius 3 is 2.54 bits per heavy atom. The van der Waals surface area contributed by atoms with E-state index < -0.39 is 17.5 Å². The predicted octanol–water partition coefficient (Wildman–Crippen LogP) is 3.21. The molecule has 2 heterocycles. The topological polar surface area (TPSA) is 61.6 Å². The fourth-order valence-corrected chi connectivity index (χ4v) is 4.04. The second-order valence-electron chi connectivity index (χ2n) is 7.46. The summed E-state index contributed by atoms with van der Waals surface area (Å²) in [5.74, 6) is -1.75. The number of rotatable bonds is 4. The first-order valence-corrected chi connectivity index (χ1v) is 9.82. The molecule has 1 aliphatic heterocycles. The second-order valence-corrected chi connectivity index (χ2v) is 7.46. The molecule has 2 aromatic rings. The summed E-state index contributed by atoms with van der Waals surface area (Å²) in [4.78, 5) is 15.0. The summed E-state index contributed by atoms with van der Waals surface area (Å²) in [6.45, 7) is 3.35. The van der Waals surface area contributed by atoms with Gasteiger partial charge in [0.25, 0.3) is 5.91 Å². The van der Waals surface area contributed by atoms with Crippen molar-refractivity contribution in [2.75, 3.05) is 26.2 Å². The predicted molar refractivity (Wildman–Crippen MR) is 99.3 cm³/mol. The Labute approximate surface area is 162 Å². The Bertz CT molecular complexity index is 827. The first kappa shape index (κ1) is 19.0. The fourth-order valence-electron chi connectivity index (χ4n) is 4.04. The number of hydrazine groups is 1. The maximum atomic E-state index is 13.9.